The third-order valence-corrected chi connectivity index (χ3v) is 7.47. The summed E-state index contributed by atoms with van der Waals surface area (Å²) >= 11 is 0. The summed E-state index contributed by atoms with van der Waals surface area (Å²) in [6.45, 7) is 2.31. The monoisotopic (exact) mass is 488 g/mol. The lowest BCUT2D eigenvalue weighted by atomic mass is 10.0. The fourth-order valence-electron chi connectivity index (χ4n) is 4.16. The third-order valence-electron chi connectivity index (χ3n) is 6.03. The van der Waals surface area contributed by atoms with Crippen molar-refractivity contribution in [2.75, 3.05) is 27.7 Å². The number of likely N-dealkylation sites (N-methyl/N-ethyl adjacent to an activating group) is 1. The molecule has 0 aromatic rings. The quantitative estimate of drug-likeness (QED) is 0.0645. The smallest absolute Gasteiger partial charge is 0.362 e. The molecule has 0 aliphatic rings. The van der Waals surface area contributed by atoms with Crippen LogP contribution in [-0.4, -0.2) is 52.4 Å². The molecule has 0 bridgehead atoms. The molecule has 6 heteroatoms. The minimum absolute atomic E-state index is 0.0558. The third kappa shape index (κ3) is 19.5. The second kappa shape index (κ2) is 18.8. The van der Waals surface area contributed by atoms with E-state index in [-0.39, 0.29) is 13.0 Å². The Morgan fingerprint density at radius 1 is 0.667 bits per heavy atom. The summed E-state index contributed by atoms with van der Waals surface area (Å²) in [5.41, 5.74) is 0. The number of allylic oxidation sites excluding steroid dienone is 4. The van der Waals surface area contributed by atoms with Gasteiger partial charge in [-0.05, 0) is 51.4 Å². The van der Waals surface area contributed by atoms with Crippen LogP contribution in [0.3, 0.4) is 0 Å². The van der Waals surface area contributed by atoms with Gasteiger partial charge in [-0.15, -0.1) is 0 Å². The number of unbranched alkanes of at least 4 members (excludes halogenated alkanes) is 13. The largest absolute Gasteiger partial charge is 0.373 e. The van der Waals surface area contributed by atoms with Crippen molar-refractivity contribution in [3.63, 3.8) is 0 Å². The van der Waals surface area contributed by atoms with Crippen LogP contribution in [0.25, 0.3) is 0 Å². The Morgan fingerprint density at radius 3 is 1.48 bits per heavy atom. The van der Waals surface area contributed by atoms with Gasteiger partial charge in [0.1, 0.15) is 6.54 Å². The first-order valence-corrected chi connectivity index (χ1v) is 15.0. The van der Waals surface area contributed by atoms with Crippen LogP contribution in [0, 0.1) is 0 Å². The molecule has 1 unspecified atom stereocenters. The van der Waals surface area contributed by atoms with E-state index in [4.69, 9.17) is 0 Å². The van der Waals surface area contributed by atoms with E-state index in [1.807, 2.05) is 21.1 Å². The van der Waals surface area contributed by atoms with Gasteiger partial charge in [0.2, 0.25) is 5.34 Å². The first kappa shape index (κ1) is 32.5. The summed E-state index contributed by atoms with van der Waals surface area (Å²) < 4.78 is 12.1. The van der Waals surface area contributed by atoms with E-state index >= 15 is 0 Å². The summed E-state index contributed by atoms with van der Waals surface area (Å²) in [6.07, 6.45) is 28.3. The van der Waals surface area contributed by atoms with Crippen LogP contribution in [0.5, 0.6) is 0 Å². The van der Waals surface area contributed by atoms with E-state index in [2.05, 4.69) is 31.2 Å². The molecule has 196 valence electrons. The zero-order valence-corrected chi connectivity index (χ0v) is 23.1. The van der Waals surface area contributed by atoms with E-state index in [0.717, 1.165) is 38.5 Å². The Balaban J connectivity index is 3.64. The van der Waals surface area contributed by atoms with Crippen molar-refractivity contribution in [1.29, 1.82) is 0 Å². The number of rotatable bonds is 22. The SMILES string of the molecule is CCCCCCC/C=C\CC/C=C\CCCCCCCCCC(O)(C[N+](C)(C)C)P(=O)(O)O. The van der Waals surface area contributed by atoms with E-state index < -0.39 is 12.9 Å². The second-order valence-electron chi connectivity index (χ2n) is 10.7. The van der Waals surface area contributed by atoms with Gasteiger partial charge in [-0.1, -0.05) is 89.0 Å². The van der Waals surface area contributed by atoms with Gasteiger partial charge in [0, 0.05) is 0 Å². The molecule has 3 N–H and O–H groups in total. The molecule has 0 aromatic heterocycles. The highest BCUT2D eigenvalue weighted by molar-refractivity contribution is 7.53. The number of quaternary nitrogens is 1. The molecular formula is C27H55NO4P+. The Bertz CT molecular complexity index is 565. The zero-order chi connectivity index (χ0) is 25.1. The maximum absolute atomic E-state index is 11.8. The van der Waals surface area contributed by atoms with Crippen molar-refractivity contribution in [2.45, 2.75) is 121 Å². The van der Waals surface area contributed by atoms with Crippen molar-refractivity contribution in [3.8, 4) is 0 Å². The molecule has 0 rings (SSSR count). The van der Waals surface area contributed by atoms with Crippen LogP contribution in [0.1, 0.15) is 116 Å². The maximum atomic E-state index is 11.8. The highest BCUT2D eigenvalue weighted by Gasteiger charge is 2.48. The normalized spacial score (nSPS) is 15.0. The fourth-order valence-corrected chi connectivity index (χ4v) is 5.22. The maximum Gasteiger partial charge on any atom is 0.362 e. The van der Waals surface area contributed by atoms with Gasteiger partial charge in [0.05, 0.1) is 21.1 Å². The highest BCUT2D eigenvalue weighted by Crippen LogP contribution is 2.52. The molecule has 0 fully saturated rings. The van der Waals surface area contributed by atoms with Crippen LogP contribution < -0.4 is 0 Å². The summed E-state index contributed by atoms with van der Waals surface area (Å²) in [5.74, 6) is 0. The molecule has 0 saturated carbocycles. The van der Waals surface area contributed by atoms with Crippen molar-refractivity contribution in [1.82, 2.24) is 0 Å². The molecule has 0 spiro atoms. The molecule has 0 aliphatic carbocycles. The Kier molecular flexibility index (Phi) is 18.6. The van der Waals surface area contributed by atoms with E-state index in [1.54, 1.807) is 0 Å². The molecule has 0 heterocycles. The van der Waals surface area contributed by atoms with E-state index in [1.165, 1.54) is 57.8 Å². The van der Waals surface area contributed by atoms with Gasteiger partial charge in [-0.2, -0.15) is 0 Å². The zero-order valence-electron chi connectivity index (χ0n) is 22.2. The predicted molar refractivity (Wildman–Crippen MR) is 142 cm³/mol. The summed E-state index contributed by atoms with van der Waals surface area (Å²) in [6, 6.07) is 0. The fraction of sp³-hybridized carbons (Fsp3) is 0.852. The van der Waals surface area contributed by atoms with Crippen molar-refractivity contribution in [3.05, 3.63) is 24.3 Å². The first-order chi connectivity index (χ1) is 15.5. The molecule has 0 amide bonds. The molecule has 0 aromatic carbocycles. The Labute approximate surface area is 205 Å². The predicted octanol–water partition coefficient (Wildman–Crippen LogP) is 7.32. The van der Waals surface area contributed by atoms with E-state index in [9.17, 15) is 19.5 Å². The Hall–Kier alpha value is -0.450. The van der Waals surface area contributed by atoms with Gasteiger partial charge >= 0.3 is 7.60 Å². The van der Waals surface area contributed by atoms with Gasteiger partial charge in [0.25, 0.3) is 0 Å². The molecule has 33 heavy (non-hydrogen) atoms. The van der Waals surface area contributed by atoms with Gasteiger partial charge in [0.15, 0.2) is 0 Å². The van der Waals surface area contributed by atoms with Crippen LogP contribution in [-0.2, 0) is 4.57 Å². The number of aliphatic hydroxyl groups is 1. The van der Waals surface area contributed by atoms with Crippen LogP contribution in [0.15, 0.2) is 24.3 Å². The van der Waals surface area contributed by atoms with E-state index in [0.29, 0.717) is 10.9 Å². The van der Waals surface area contributed by atoms with Gasteiger partial charge < -0.3 is 19.4 Å². The molecule has 5 nitrogen and oxygen atoms in total. The standard InChI is InChI=1S/C27H54NO4P/c1-5-6-7-8-9-10-11-12-13-14-15-16-17-18-19-20-21-22-23-24-25-27(29,33(30,31)32)26-28(2,3)4/h11-12,15-16,29H,5-10,13-14,17-26H2,1-4H3,(H-,30,31,32)/p+1/b12-11-,16-15-. The average Bonchev–Trinajstić information content (AvgIpc) is 2.70. The minimum atomic E-state index is -4.55. The molecular weight excluding hydrogens is 433 g/mol. The lowest BCUT2D eigenvalue weighted by molar-refractivity contribution is -0.875. The van der Waals surface area contributed by atoms with Crippen LogP contribution in [0.2, 0.25) is 0 Å². The molecule has 0 radical (unpaired) electrons. The lowest BCUT2D eigenvalue weighted by Crippen LogP contribution is -2.49. The Morgan fingerprint density at radius 2 is 1.06 bits per heavy atom. The summed E-state index contributed by atoms with van der Waals surface area (Å²) in [4.78, 5) is 19.2. The number of hydrogen-bond acceptors (Lipinski definition) is 2. The first-order valence-electron chi connectivity index (χ1n) is 13.4. The van der Waals surface area contributed by atoms with Gasteiger partial charge in [-0.3, -0.25) is 4.57 Å². The lowest BCUT2D eigenvalue weighted by Gasteiger charge is -2.35. The van der Waals surface area contributed by atoms with Gasteiger partial charge in [-0.25, -0.2) is 0 Å². The average molecular weight is 489 g/mol. The minimum Gasteiger partial charge on any atom is -0.373 e. The van der Waals surface area contributed by atoms with Crippen LogP contribution >= 0.6 is 7.60 Å². The second-order valence-corrected chi connectivity index (χ2v) is 12.6. The summed E-state index contributed by atoms with van der Waals surface area (Å²) in [7, 11) is 0.963. The molecule has 1 atom stereocenters. The van der Waals surface area contributed by atoms with Crippen molar-refractivity contribution in [2.24, 2.45) is 0 Å². The van der Waals surface area contributed by atoms with Crippen molar-refractivity contribution >= 4 is 7.60 Å². The van der Waals surface area contributed by atoms with Crippen molar-refractivity contribution < 1.29 is 23.9 Å². The highest BCUT2D eigenvalue weighted by atomic mass is 31.2. The molecule has 0 saturated heterocycles. The number of hydrogen-bond donors (Lipinski definition) is 3. The summed E-state index contributed by atoms with van der Waals surface area (Å²) in [5, 5.41) is 8.63. The topological polar surface area (TPSA) is 77.8 Å². The molecule has 0 aliphatic heterocycles. The van der Waals surface area contributed by atoms with Crippen LogP contribution in [0.4, 0.5) is 0 Å². The number of nitrogens with zero attached hydrogens (tertiary/aromatic N) is 1.